The first kappa shape index (κ1) is 14.1. The van der Waals surface area contributed by atoms with E-state index in [1.807, 2.05) is 43.3 Å². The average Bonchev–Trinajstić information content (AvgIpc) is 2.50. The van der Waals surface area contributed by atoms with Crippen LogP contribution in [-0.4, -0.2) is 19.7 Å². The van der Waals surface area contributed by atoms with Crippen molar-refractivity contribution < 1.29 is 14.3 Å². The molecule has 0 saturated carbocycles. The summed E-state index contributed by atoms with van der Waals surface area (Å²) >= 11 is 0. The molecular formula is C17H18O3. The fraction of sp³-hybridized carbons (Fsp3) is 0.235. The second-order valence-corrected chi connectivity index (χ2v) is 4.39. The van der Waals surface area contributed by atoms with E-state index >= 15 is 0 Å². The highest BCUT2D eigenvalue weighted by Crippen LogP contribution is 2.20. The molecule has 0 atom stereocenters. The standard InChI is InChI=1S/C17H18O3/c1-3-13(17(18)19-2)10-11-20-16-9-8-14-6-4-5-7-15(14)12-16/h4-10,12H,3,11H2,1-2H3. The van der Waals surface area contributed by atoms with Crippen LogP contribution in [0.1, 0.15) is 13.3 Å². The summed E-state index contributed by atoms with van der Waals surface area (Å²) in [5.41, 5.74) is 0.633. The van der Waals surface area contributed by atoms with Crippen molar-refractivity contribution in [1.82, 2.24) is 0 Å². The predicted octanol–water partition coefficient (Wildman–Crippen LogP) is 3.73. The Morgan fingerprint density at radius 3 is 2.60 bits per heavy atom. The van der Waals surface area contributed by atoms with Gasteiger partial charge in [0, 0.05) is 5.57 Å². The molecule has 0 aliphatic heterocycles. The van der Waals surface area contributed by atoms with Crippen LogP contribution in [0.4, 0.5) is 0 Å². The van der Waals surface area contributed by atoms with Gasteiger partial charge in [-0.1, -0.05) is 37.3 Å². The smallest absolute Gasteiger partial charge is 0.333 e. The minimum Gasteiger partial charge on any atom is -0.489 e. The molecule has 0 radical (unpaired) electrons. The van der Waals surface area contributed by atoms with Crippen LogP contribution < -0.4 is 4.74 Å². The monoisotopic (exact) mass is 270 g/mol. The number of rotatable bonds is 5. The number of esters is 1. The Bertz CT molecular complexity index is 629. The zero-order chi connectivity index (χ0) is 14.4. The molecule has 0 bridgehead atoms. The molecule has 2 aromatic carbocycles. The van der Waals surface area contributed by atoms with Crippen molar-refractivity contribution in [3.8, 4) is 5.75 Å². The fourth-order valence-electron chi connectivity index (χ4n) is 2.00. The lowest BCUT2D eigenvalue weighted by Crippen LogP contribution is -2.06. The largest absolute Gasteiger partial charge is 0.489 e. The molecule has 0 aromatic heterocycles. The number of ether oxygens (including phenoxy) is 2. The fourth-order valence-corrected chi connectivity index (χ4v) is 2.00. The Balaban J connectivity index is 2.05. The third-order valence-electron chi connectivity index (χ3n) is 3.13. The van der Waals surface area contributed by atoms with Gasteiger partial charge in [-0.05, 0) is 35.4 Å². The molecule has 3 heteroatoms. The van der Waals surface area contributed by atoms with E-state index in [4.69, 9.17) is 9.47 Å². The van der Waals surface area contributed by atoms with Gasteiger partial charge < -0.3 is 9.47 Å². The first-order chi connectivity index (χ1) is 9.74. The topological polar surface area (TPSA) is 35.5 Å². The second-order valence-electron chi connectivity index (χ2n) is 4.39. The van der Waals surface area contributed by atoms with E-state index in [0.717, 1.165) is 11.1 Å². The van der Waals surface area contributed by atoms with Crippen molar-refractivity contribution in [1.29, 1.82) is 0 Å². The zero-order valence-electron chi connectivity index (χ0n) is 11.8. The van der Waals surface area contributed by atoms with Crippen LogP contribution in [0.5, 0.6) is 5.75 Å². The van der Waals surface area contributed by atoms with E-state index in [0.29, 0.717) is 18.6 Å². The highest BCUT2D eigenvalue weighted by atomic mass is 16.5. The molecule has 104 valence electrons. The van der Waals surface area contributed by atoms with Crippen molar-refractivity contribution in [2.24, 2.45) is 0 Å². The van der Waals surface area contributed by atoms with Crippen LogP contribution in [0, 0.1) is 0 Å². The van der Waals surface area contributed by atoms with E-state index < -0.39 is 0 Å². The van der Waals surface area contributed by atoms with Gasteiger partial charge in [-0.2, -0.15) is 0 Å². The summed E-state index contributed by atoms with van der Waals surface area (Å²) in [6, 6.07) is 14.1. The highest BCUT2D eigenvalue weighted by molar-refractivity contribution is 5.88. The van der Waals surface area contributed by atoms with Gasteiger partial charge in [0.2, 0.25) is 0 Å². The van der Waals surface area contributed by atoms with Crippen molar-refractivity contribution in [2.75, 3.05) is 13.7 Å². The summed E-state index contributed by atoms with van der Waals surface area (Å²) in [5.74, 6) is 0.495. The van der Waals surface area contributed by atoms with Gasteiger partial charge in [0.1, 0.15) is 12.4 Å². The SMILES string of the molecule is CCC(=CCOc1ccc2ccccc2c1)C(=O)OC. The number of fused-ring (bicyclic) bond motifs is 1. The maximum atomic E-state index is 11.4. The minimum atomic E-state index is -0.297. The van der Waals surface area contributed by atoms with Crippen molar-refractivity contribution in [3.05, 3.63) is 54.1 Å². The predicted molar refractivity (Wildman–Crippen MR) is 79.8 cm³/mol. The molecular weight excluding hydrogens is 252 g/mol. The van der Waals surface area contributed by atoms with Gasteiger partial charge in [-0.3, -0.25) is 0 Å². The van der Waals surface area contributed by atoms with E-state index in [2.05, 4.69) is 6.07 Å². The highest BCUT2D eigenvalue weighted by Gasteiger charge is 2.06. The van der Waals surface area contributed by atoms with Crippen LogP contribution >= 0.6 is 0 Å². The minimum absolute atomic E-state index is 0.297. The molecule has 3 nitrogen and oxygen atoms in total. The summed E-state index contributed by atoms with van der Waals surface area (Å²) in [7, 11) is 1.38. The third kappa shape index (κ3) is 3.38. The number of carbonyl (C=O) groups is 1. The van der Waals surface area contributed by atoms with Gasteiger partial charge in [-0.15, -0.1) is 0 Å². The van der Waals surface area contributed by atoms with Gasteiger partial charge in [0.15, 0.2) is 0 Å². The van der Waals surface area contributed by atoms with Gasteiger partial charge in [0.25, 0.3) is 0 Å². The molecule has 2 rings (SSSR count). The maximum Gasteiger partial charge on any atom is 0.333 e. The second kappa shape index (κ2) is 6.75. The van der Waals surface area contributed by atoms with Crippen molar-refractivity contribution in [2.45, 2.75) is 13.3 Å². The molecule has 0 aliphatic carbocycles. The number of hydrogen-bond acceptors (Lipinski definition) is 3. The first-order valence-electron chi connectivity index (χ1n) is 6.63. The molecule has 0 N–H and O–H groups in total. The van der Waals surface area contributed by atoms with Crippen molar-refractivity contribution >= 4 is 16.7 Å². The molecule has 0 spiro atoms. The Hall–Kier alpha value is -2.29. The number of benzene rings is 2. The lowest BCUT2D eigenvalue weighted by Gasteiger charge is -2.06. The van der Waals surface area contributed by atoms with Gasteiger partial charge >= 0.3 is 5.97 Å². The van der Waals surface area contributed by atoms with Crippen LogP contribution in [0.2, 0.25) is 0 Å². The summed E-state index contributed by atoms with van der Waals surface area (Å²) in [5, 5.41) is 2.32. The van der Waals surface area contributed by atoms with Crippen molar-refractivity contribution in [3.63, 3.8) is 0 Å². The first-order valence-corrected chi connectivity index (χ1v) is 6.63. The van der Waals surface area contributed by atoms with Crippen LogP contribution in [0.15, 0.2) is 54.1 Å². The van der Waals surface area contributed by atoms with E-state index in [1.165, 1.54) is 12.5 Å². The van der Waals surface area contributed by atoms with E-state index in [-0.39, 0.29) is 5.97 Å². The summed E-state index contributed by atoms with van der Waals surface area (Å²) in [6.07, 6.45) is 2.40. The van der Waals surface area contributed by atoms with E-state index in [9.17, 15) is 4.79 Å². The maximum absolute atomic E-state index is 11.4. The van der Waals surface area contributed by atoms with Crippen LogP contribution in [-0.2, 0) is 9.53 Å². The van der Waals surface area contributed by atoms with Crippen LogP contribution in [0.25, 0.3) is 10.8 Å². The quantitative estimate of drug-likeness (QED) is 0.613. The van der Waals surface area contributed by atoms with Gasteiger partial charge in [-0.25, -0.2) is 4.79 Å². The zero-order valence-corrected chi connectivity index (χ0v) is 11.8. The number of methoxy groups -OCH3 is 1. The Kier molecular flexibility index (Phi) is 4.77. The molecule has 0 unspecified atom stereocenters. The van der Waals surface area contributed by atoms with Gasteiger partial charge in [0.05, 0.1) is 7.11 Å². The third-order valence-corrected chi connectivity index (χ3v) is 3.13. The Morgan fingerprint density at radius 2 is 1.90 bits per heavy atom. The Morgan fingerprint density at radius 1 is 1.15 bits per heavy atom. The summed E-state index contributed by atoms with van der Waals surface area (Å²) < 4.78 is 10.4. The average molecular weight is 270 g/mol. The molecule has 0 aliphatic rings. The molecule has 0 saturated heterocycles. The summed E-state index contributed by atoms with van der Waals surface area (Å²) in [4.78, 5) is 11.4. The molecule has 2 aromatic rings. The lowest BCUT2D eigenvalue weighted by molar-refractivity contribution is -0.136. The van der Waals surface area contributed by atoms with E-state index in [1.54, 1.807) is 6.08 Å². The summed E-state index contributed by atoms with van der Waals surface area (Å²) in [6.45, 7) is 2.27. The number of carbonyl (C=O) groups excluding carboxylic acids is 1. The normalized spacial score (nSPS) is 11.4. The molecule has 20 heavy (non-hydrogen) atoms. The molecule has 0 amide bonds. The molecule has 0 fully saturated rings. The molecule has 0 heterocycles. The lowest BCUT2D eigenvalue weighted by atomic mass is 10.1. The number of hydrogen-bond donors (Lipinski definition) is 0. The van der Waals surface area contributed by atoms with Crippen LogP contribution in [0.3, 0.4) is 0 Å². The Labute approximate surface area is 118 Å².